The van der Waals surface area contributed by atoms with Gasteiger partial charge in [0.05, 0.1) is 5.41 Å². The summed E-state index contributed by atoms with van der Waals surface area (Å²) in [7, 11) is 0. The van der Waals surface area contributed by atoms with Gasteiger partial charge < -0.3 is 5.73 Å². The molecule has 0 fully saturated rings. The molecule has 5 rings (SSSR count). The first kappa shape index (κ1) is 16.1. The zero-order chi connectivity index (χ0) is 18.4. The molecule has 3 aromatic rings. The van der Waals surface area contributed by atoms with Crippen molar-refractivity contribution in [2.24, 2.45) is 5.92 Å². The highest BCUT2D eigenvalue weighted by Crippen LogP contribution is 2.57. The van der Waals surface area contributed by atoms with Gasteiger partial charge in [-0.25, -0.2) is 0 Å². The Morgan fingerprint density at radius 2 is 1.48 bits per heavy atom. The molecule has 132 valence electrons. The van der Waals surface area contributed by atoms with Crippen molar-refractivity contribution < 1.29 is 0 Å². The van der Waals surface area contributed by atoms with Crippen molar-refractivity contribution in [3.8, 4) is 0 Å². The molecule has 0 saturated heterocycles. The Bertz CT molecular complexity index is 1020. The lowest BCUT2D eigenvalue weighted by Gasteiger charge is -2.37. The summed E-state index contributed by atoms with van der Waals surface area (Å²) in [5.41, 5.74) is 14.9. The molecule has 0 radical (unpaired) electrons. The third-order valence-electron chi connectivity index (χ3n) is 6.05. The van der Waals surface area contributed by atoms with E-state index in [0.717, 1.165) is 12.1 Å². The van der Waals surface area contributed by atoms with E-state index < -0.39 is 0 Å². The third kappa shape index (κ3) is 2.24. The molecule has 1 heteroatoms. The standard InChI is InChI=1S/C26H23N/c1-18-12-14-22-23-17-21(27)13-15-24(23)26(25(22)16-18,19-8-4-2-5-9-19)20-10-6-3-7-11-20/h2-15,17-18H,16,27H2,1H3. The predicted molar refractivity (Wildman–Crippen MR) is 113 cm³/mol. The van der Waals surface area contributed by atoms with Gasteiger partial charge in [0.15, 0.2) is 0 Å². The van der Waals surface area contributed by atoms with Gasteiger partial charge in [-0.2, -0.15) is 0 Å². The molecule has 2 aliphatic carbocycles. The normalized spacial score (nSPS) is 19.7. The third-order valence-corrected chi connectivity index (χ3v) is 6.05. The topological polar surface area (TPSA) is 26.0 Å². The van der Waals surface area contributed by atoms with Gasteiger partial charge in [-0.3, -0.25) is 0 Å². The second-order valence-electron chi connectivity index (χ2n) is 7.72. The molecule has 0 aromatic heterocycles. The molecule has 3 aromatic carbocycles. The van der Waals surface area contributed by atoms with Crippen LogP contribution in [0, 0.1) is 5.92 Å². The summed E-state index contributed by atoms with van der Waals surface area (Å²) in [5.74, 6) is 0.530. The Morgan fingerprint density at radius 1 is 0.852 bits per heavy atom. The van der Waals surface area contributed by atoms with Gasteiger partial charge >= 0.3 is 0 Å². The molecule has 0 bridgehead atoms. The van der Waals surface area contributed by atoms with Crippen molar-refractivity contribution in [3.05, 3.63) is 119 Å². The average molecular weight is 349 g/mol. The first-order valence-electron chi connectivity index (χ1n) is 9.64. The number of hydrogen-bond donors (Lipinski definition) is 1. The molecule has 0 amide bonds. The van der Waals surface area contributed by atoms with Crippen LogP contribution < -0.4 is 5.73 Å². The summed E-state index contributed by atoms with van der Waals surface area (Å²) in [6.07, 6.45) is 5.71. The van der Waals surface area contributed by atoms with Gasteiger partial charge in [-0.05, 0) is 57.9 Å². The van der Waals surface area contributed by atoms with E-state index in [2.05, 4.69) is 91.9 Å². The lowest BCUT2D eigenvalue weighted by molar-refractivity contribution is 0.622. The van der Waals surface area contributed by atoms with Gasteiger partial charge in [-0.1, -0.05) is 85.8 Å². The number of benzene rings is 3. The molecule has 1 nitrogen and oxygen atoms in total. The van der Waals surface area contributed by atoms with Crippen LogP contribution in [-0.2, 0) is 5.41 Å². The van der Waals surface area contributed by atoms with Crippen LogP contribution in [0.15, 0.2) is 96.6 Å². The summed E-state index contributed by atoms with van der Waals surface area (Å²) in [6, 6.07) is 28.3. The molecule has 0 saturated carbocycles. The summed E-state index contributed by atoms with van der Waals surface area (Å²) in [4.78, 5) is 0. The van der Waals surface area contributed by atoms with Crippen molar-refractivity contribution >= 4 is 11.3 Å². The van der Waals surface area contributed by atoms with Crippen LogP contribution in [-0.4, -0.2) is 0 Å². The van der Waals surface area contributed by atoms with Crippen LogP contribution in [0.3, 0.4) is 0 Å². The summed E-state index contributed by atoms with van der Waals surface area (Å²) in [5, 5.41) is 0. The van der Waals surface area contributed by atoms with Gasteiger partial charge in [0.1, 0.15) is 0 Å². The van der Waals surface area contributed by atoms with Crippen molar-refractivity contribution in [2.45, 2.75) is 18.8 Å². The van der Waals surface area contributed by atoms with Crippen molar-refractivity contribution in [1.29, 1.82) is 0 Å². The second kappa shape index (κ2) is 5.99. The first-order chi connectivity index (χ1) is 13.2. The molecule has 0 spiro atoms. The lowest BCUT2D eigenvalue weighted by atomic mass is 9.65. The Kier molecular flexibility index (Phi) is 3.58. The van der Waals surface area contributed by atoms with Crippen molar-refractivity contribution in [2.75, 3.05) is 5.73 Å². The number of anilines is 1. The molecule has 1 unspecified atom stereocenters. The van der Waals surface area contributed by atoms with Crippen LogP contribution in [0.5, 0.6) is 0 Å². The van der Waals surface area contributed by atoms with Crippen LogP contribution in [0.2, 0.25) is 0 Å². The largest absolute Gasteiger partial charge is 0.399 e. The van der Waals surface area contributed by atoms with Crippen LogP contribution in [0.25, 0.3) is 5.57 Å². The molecule has 27 heavy (non-hydrogen) atoms. The van der Waals surface area contributed by atoms with E-state index in [9.17, 15) is 0 Å². The first-order valence-corrected chi connectivity index (χ1v) is 9.64. The minimum Gasteiger partial charge on any atom is -0.399 e. The van der Waals surface area contributed by atoms with E-state index in [1.54, 1.807) is 0 Å². The maximum atomic E-state index is 6.20. The van der Waals surface area contributed by atoms with Crippen LogP contribution in [0.4, 0.5) is 5.69 Å². The number of nitrogen functional groups attached to an aromatic ring is 1. The minimum atomic E-state index is -0.250. The number of allylic oxidation sites excluding steroid dienone is 4. The van der Waals surface area contributed by atoms with Crippen molar-refractivity contribution in [3.63, 3.8) is 0 Å². The highest BCUT2D eigenvalue weighted by atomic mass is 14.6. The summed E-state index contributed by atoms with van der Waals surface area (Å²) < 4.78 is 0. The Morgan fingerprint density at radius 3 is 2.11 bits per heavy atom. The van der Waals surface area contributed by atoms with E-state index in [-0.39, 0.29) is 5.41 Å². The lowest BCUT2D eigenvalue weighted by Crippen LogP contribution is -2.31. The predicted octanol–water partition coefficient (Wildman–Crippen LogP) is 5.97. The van der Waals surface area contributed by atoms with E-state index >= 15 is 0 Å². The van der Waals surface area contributed by atoms with Gasteiger partial charge in [0.25, 0.3) is 0 Å². The van der Waals surface area contributed by atoms with Gasteiger partial charge in [0, 0.05) is 5.69 Å². The summed E-state index contributed by atoms with van der Waals surface area (Å²) >= 11 is 0. The van der Waals surface area contributed by atoms with E-state index in [1.165, 1.54) is 33.4 Å². The fourth-order valence-corrected chi connectivity index (χ4v) is 4.95. The number of nitrogens with two attached hydrogens (primary N) is 1. The Hall–Kier alpha value is -3.06. The average Bonchev–Trinajstić information content (AvgIpc) is 2.99. The number of rotatable bonds is 2. The maximum absolute atomic E-state index is 6.20. The minimum absolute atomic E-state index is 0.250. The molecule has 2 N–H and O–H groups in total. The molecule has 0 heterocycles. The van der Waals surface area contributed by atoms with Crippen LogP contribution in [0.1, 0.15) is 35.6 Å². The monoisotopic (exact) mass is 349 g/mol. The molecule has 0 aliphatic heterocycles. The number of fused-ring (bicyclic) bond motifs is 2. The molecular formula is C26H23N. The fourth-order valence-electron chi connectivity index (χ4n) is 4.95. The van der Waals surface area contributed by atoms with Crippen LogP contribution >= 0.6 is 0 Å². The van der Waals surface area contributed by atoms with Crippen molar-refractivity contribution in [1.82, 2.24) is 0 Å². The zero-order valence-corrected chi connectivity index (χ0v) is 15.5. The Balaban J connectivity index is 1.93. The fraction of sp³-hybridized carbons (Fsp3) is 0.154. The quantitative estimate of drug-likeness (QED) is 0.567. The van der Waals surface area contributed by atoms with Gasteiger partial charge in [0.2, 0.25) is 0 Å². The summed E-state index contributed by atoms with van der Waals surface area (Å²) in [6.45, 7) is 2.30. The highest BCUT2D eigenvalue weighted by molar-refractivity contribution is 5.91. The van der Waals surface area contributed by atoms with Gasteiger partial charge in [-0.15, -0.1) is 0 Å². The second-order valence-corrected chi connectivity index (χ2v) is 7.72. The SMILES string of the molecule is CC1C=CC2=C(C1)C(c1ccccc1)(c1ccccc1)c1ccc(N)cc12. The number of hydrogen-bond acceptors (Lipinski definition) is 1. The molecular weight excluding hydrogens is 326 g/mol. The van der Waals surface area contributed by atoms with E-state index in [4.69, 9.17) is 5.73 Å². The smallest absolute Gasteiger partial charge is 0.0676 e. The Labute approximate surface area is 160 Å². The zero-order valence-electron chi connectivity index (χ0n) is 15.5. The molecule has 2 aliphatic rings. The van der Waals surface area contributed by atoms with E-state index in [0.29, 0.717) is 5.92 Å². The maximum Gasteiger partial charge on any atom is 0.0676 e. The molecule has 1 atom stereocenters. The van der Waals surface area contributed by atoms with E-state index in [1.807, 2.05) is 6.07 Å². The highest BCUT2D eigenvalue weighted by Gasteiger charge is 2.47.